The molecular weight excluding hydrogens is 338 g/mol. The van der Waals surface area contributed by atoms with E-state index in [-0.39, 0.29) is 17.7 Å². The third kappa shape index (κ3) is 4.06. The Morgan fingerprint density at radius 1 is 1.14 bits per heavy atom. The number of amides is 1. The van der Waals surface area contributed by atoms with Gasteiger partial charge in [-0.3, -0.25) is 9.59 Å². The Labute approximate surface area is 129 Å². The fourth-order valence-electron chi connectivity index (χ4n) is 1.83. The van der Waals surface area contributed by atoms with Crippen molar-refractivity contribution >= 4 is 33.5 Å². The molecule has 2 aromatic carbocycles. The maximum Gasteiger partial charge on any atom is 0.307 e. The van der Waals surface area contributed by atoms with Crippen molar-refractivity contribution in [1.29, 1.82) is 0 Å². The maximum atomic E-state index is 12.1. The molecule has 0 fully saturated rings. The van der Waals surface area contributed by atoms with Crippen LogP contribution in [0.4, 0.5) is 5.69 Å². The molecule has 2 aromatic rings. The summed E-state index contributed by atoms with van der Waals surface area (Å²) in [5, 5.41) is 21.1. The SMILES string of the molecule is O=C(O)Cc1cccc(NC(=O)c2ccc(Br)cc2O)c1. The highest BCUT2D eigenvalue weighted by Gasteiger charge is 2.12. The predicted octanol–water partition coefficient (Wildman–Crippen LogP) is 3.03. The summed E-state index contributed by atoms with van der Waals surface area (Å²) < 4.78 is 0.667. The third-order valence-corrected chi connectivity index (χ3v) is 3.24. The first kappa shape index (κ1) is 15.1. The van der Waals surface area contributed by atoms with Crippen molar-refractivity contribution in [3.05, 3.63) is 58.1 Å². The minimum absolute atomic E-state index is 0.118. The van der Waals surface area contributed by atoms with E-state index in [4.69, 9.17) is 5.11 Å². The largest absolute Gasteiger partial charge is 0.507 e. The summed E-state index contributed by atoms with van der Waals surface area (Å²) in [4.78, 5) is 22.8. The van der Waals surface area contributed by atoms with Crippen molar-refractivity contribution < 1.29 is 19.8 Å². The van der Waals surface area contributed by atoms with Crippen LogP contribution in [0.1, 0.15) is 15.9 Å². The molecular formula is C15H12BrNO4. The van der Waals surface area contributed by atoms with Gasteiger partial charge in [0.05, 0.1) is 12.0 Å². The van der Waals surface area contributed by atoms with Gasteiger partial charge in [-0.2, -0.15) is 0 Å². The van der Waals surface area contributed by atoms with E-state index in [1.807, 2.05) is 0 Å². The summed E-state index contributed by atoms with van der Waals surface area (Å²) in [5.74, 6) is -1.54. The van der Waals surface area contributed by atoms with Crippen LogP contribution in [0.5, 0.6) is 5.75 Å². The summed E-state index contributed by atoms with van der Waals surface area (Å²) in [6.07, 6.45) is -0.118. The Morgan fingerprint density at radius 2 is 1.90 bits per heavy atom. The molecule has 0 aromatic heterocycles. The molecule has 2 rings (SSSR count). The highest BCUT2D eigenvalue weighted by atomic mass is 79.9. The number of carbonyl (C=O) groups excluding carboxylic acids is 1. The maximum absolute atomic E-state index is 12.1. The molecule has 0 aliphatic carbocycles. The van der Waals surface area contributed by atoms with Crippen LogP contribution in [-0.2, 0) is 11.2 Å². The predicted molar refractivity (Wildman–Crippen MR) is 81.5 cm³/mol. The van der Waals surface area contributed by atoms with Gasteiger partial charge < -0.3 is 15.5 Å². The second-order valence-electron chi connectivity index (χ2n) is 4.39. The molecule has 0 aliphatic heterocycles. The standard InChI is InChI=1S/C15H12BrNO4/c16-10-4-5-12(13(18)8-10)15(21)17-11-3-1-2-9(6-11)7-14(19)20/h1-6,8,18H,7H2,(H,17,21)(H,19,20). The number of benzene rings is 2. The van der Waals surface area contributed by atoms with Crippen LogP contribution in [0.2, 0.25) is 0 Å². The molecule has 3 N–H and O–H groups in total. The molecule has 0 saturated heterocycles. The van der Waals surface area contributed by atoms with Gasteiger partial charge in [-0.15, -0.1) is 0 Å². The summed E-state index contributed by atoms with van der Waals surface area (Å²) in [7, 11) is 0. The van der Waals surface area contributed by atoms with E-state index in [1.165, 1.54) is 12.1 Å². The van der Waals surface area contributed by atoms with Crippen LogP contribution in [0.3, 0.4) is 0 Å². The highest BCUT2D eigenvalue weighted by Crippen LogP contribution is 2.23. The molecule has 5 nitrogen and oxygen atoms in total. The summed E-state index contributed by atoms with van der Waals surface area (Å²) in [6.45, 7) is 0. The number of rotatable bonds is 4. The van der Waals surface area contributed by atoms with Gasteiger partial charge in [-0.25, -0.2) is 0 Å². The van der Waals surface area contributed by atoms with Crippen LogP contribution in [0.25, 0.3) is 0 Å². The molecule has 0 saturated carbocycles. The number of carboxylic acid groups (broad SMARTS) is 1. The van der Waals surface area contributed by atoms with Gasteiger partial charge in [-0.1, -0.05) is 28.1 Å². The zero-order valence-corrected chi connectivity index (χ0v) is 12.4. The van der Waals surface area contributed by atoms with Gasteiger partial charge in [0, 0.05) is 10.2 Å². The summed E-state index contributed by atoms with van der Waals surface area (Å²) in [5.41, 5.74) is 1.20. The number of hydrogen-bond donors (Lipinski definition) is 3. The molecule has 0 atom stereocenters. The van der Waals surface area contributed by atoms with Crippen LogP contribution >= 0.6 is 15.9 Å². The zero-order chi connectivity index (χ0) is 15.4. The number of nitrogens with one attached hydrogen (secondary N) is 1. The number of anilines is 1. The number of phenolic OH excluding ortho intramolecular Hbond substituents is 1. The van der Waals surface area contributed by atoms with Crippen molar-refractivity contribution in [2.75, 3.05) is 5.32 Å². The molecule has 0 heterocycles. The second kappa shape index (κ2) is 6.41. The van der Waals surface area contributed by atoms with Gasteiger partial charge in [-0.05, 0) is 35.9 Å². The van der Waals surface area contributed by atoms with Crippen molar-refractivity contribution in [3.63, 3.8) is 0 Å². The topological polar surface area (TPSA) is 86.6 Å². The monoisotopic (exact) mass is 349 g/mol. The van der Waals surface area contributed by atoms with Gasteiger partial charge in [0.25, 0.3) is 5.91 Å². The second-order valence-corrected chi connectivity index (χ2v) is 5.30. The minimum Gasteiger partial charge on any atom is -0.507 e. The van der Waals surface area contributed by atoms with E-state index in [0.717, 1.165) is 0 Å². The van der Waals surface area contributed by atoms with Crippen molar-refractivity contribution in [2.45, 2.75) is 6.42 Å². The number of aromatic hydroxyl groups is 1. The lowest BCUT2D eigenvalue weighted by Crippen LogP contribution is -2.12. The highest BCUT2D eigenvalue weighted by molar-refractivity contribution is 9.10. The Bertz CT molecular complexity index is 700. The molecule has 21 heavy (non-hydrogen) atoms. The lowest BCUT2D eigenvalue weighted by molar-refractivity contribution is -0.136. The molecule has 108 valence electrons. The van der Waals surface area contributed by atoms with Crippen LogP contribution in [0, 0.1) is 0 Å². The Morgan fingerprint density at radius 3 is 2.57 bits per heavy atom. The van der Waals surface area contributed by atoms with Crippen LogP contribution in [0.15, 0.2) is 46.9 Å². The first-order valence-electron chi connectivity index (χ1n) is 6.06. The molecule has 0 bridgehead atoms. The molecule has 6 heteroatoms. The number of hydrogen-bond acceptors (Lipinski definition) is 3. The number of phenols is 1. The van der Waals surface area contributed by atoms with Crippen molar-refractivity contribution in [2.24, 2.45) is 0 Å². The van der Waals surface area contributed by atoms with Gasteiger partial charge >= 0.3 is 5.97 Å². The van der Waals surface area contributed by atoms with Gasteiger partial charge in [0.2, 0.25) is 0 Å². The normalized spacial score (nSPS) is 10.1. The Hall–Kier alpha value is -2.34. The van der Waals surface area contributed by atoms with E-state index in [9.17, 15) is 14.7 Å². The average molecular weight is 350 g/mol. The quantitative estimate of drug-likeness (QED) is 0.791. The molecule has 0 aliphatic rings. The third-order valence-electron chi connectivity index (χ3n) is 2.74. The molecule has 0 spiro atoms. The Balaban J connectivity index is 2.17. The number of carboxylic acids is 1. The zero-order valence-electron chi connectivity index (χ0n) is 10.8. The fraction of sp³-hybridized carbons (Fsp3) is 0.0667. The smallest absolute Gasteiger partial charge is 0.307 e. The van der Waals surface area contributed by atoms with E-state index < -0.39 is 11.9 Å². The van der Waals surface area contributed by atoms with Crippen molar-refractivity contribution in [1.82, 2.24) is 0 Å². The van der Waals surface area contributed by atoms with Crippen molar-refractivity contribution in [3.8, 4) is 5.75 Å². The summed E-state index contributed by atoms with van der Waals surface area (Å²) >= 11 is 3.20. The van der Waals surface area contributed by atoms with E-state index in [2.05, 4.69) is 21.2 Å². The van der Waals surface area contributed by atoms with E-state index >= 15 is 0 Å². The summed E-state index contributed by atoms with van der Waals surface area (Å²) in [6, 6.07) is 11.1. The average Bonchev–Trinajstić information content (AvgIpc) is 2.37. The van der Waals surface area contributed by atoms with Crippen LogP contribution < -0.4 is 5.32 Å². The number of carbonyl (C=O) groups is 2. The molecule has 1 amide bonds. The van der Waals surface area contributed by atoms with Crippen LogP contribution in [-0.4, -0.2) is 22.1 Å². The fourth-order valence-corrected chi connectivity index (χ4v) is 2.18. The molecule has 0 radical (unpaired) electrons. The first-order valence-corrected chi connectivity index (χ1v) is 6.85. The lowest BCUT2D eigenvalue weighted by atomic mass is 10.1. The van der Waals surface area contributed by atoms with E-state index in [0.29, 0.717) is 15.7 Å². The molecule has 0 unspecified atom stereocenters. The van der Waals surface area contributed by atoms with Gasteiger partial charge in [0.1, 0.15) is 5.75 Å². The minimum atomic E-state index is -0.941. The lowest BCUT2D eigenvalue weighted by Gasteiger charge is -2.08. The van der Waals surface area contributed by atoms with Gasteiger partial charge in [0.15, 0.2) is 0 Å². The Kier molecular flexibility index (Phi) is 4.59. The number of aliphatic carboxylic acids is 1. The van der Waals surface area contributed by atoms with E-state index in [1.54, 1.807) is 30.3 Å². The number of halogens is 1. The first-order chi connectivity index (χ1) is 9.95.